The van der Waals surface area contributed by atoms with Gasteiger partial charge in [-0.3, -0.25) is 0 Å². The summed E-state index contributed by atoms with van der Waals surface area (Å²) >= 11 is 6.37. The molecule has 0 N–H and O–H groups in total. The van der Waals surface area contributed by atoms with Crippen molar-refractivity contribution in [3.8, 4) is 22.8 Å². The Morgan fingerprint density at radius 2 is 1.45 bits per heavy atom. The normalized spacial score (nSPS) is 15.0. The van der Waals surface area contributed by atoms with Crippen LogP contribution in [0.4, 0.5) is 5.95 Å². The van der Waals surface area contributed by atoms with Gasteiger partial charge < -0.3 is 9.47 Å². The number of methoxy groups -OCH3 is 2. The Bertz CT molecular complexity index is 1620. The summed E-state index contributed by atoms with van der Waals surface area (Å²) in [5.74, 6) is 2.14. The Morgan fingerprint density at radius 1 is 0.763 bits per heavy atom. The van der Waals surface area contributed by atoms with E-state index >= 15 is 0 Å². The van der Waals surface area contributed by atoms with Gasteiger partial charge in [0, 0.05) is 22.4 Å². The minimum absolute atomic E-state index is 0.0913. The number of ether oxygens (including phenoxy) is 2. The van der Waals surface area contributed by atoms with Crippen molar-refractivity contribution in [2.24, 2.45) is 5.10 Å². The third-order valence-electron chi connectivity index (χ3n) is 6.73. The molecule has 0 spiro atoms. The molecule has 0 saturated carbocycles. The van der Waals surface area contributed by atoms with Crippen molar-refractivity contribution in [3.63, 3.8) is 0 Å². The second kappa shape index (κ2) is 10.1. The molecule has 2 heterocycles. The number of hydrogen-bond acceptors (Lipinski definition) is 6. The van der Waals surface area contributed by atoms with Crippen LogP contribution in [0.3, 0.4) is 0 Å². The number of rotatable bonds is 6. The van der Waals surface area contributed by atoms with Gasteiger partial charge in [-0.2, -0.15) is 5.10 Å². The first-order valence-corrected chi connectivity index (χ1v) is 12.7. The average Bonchev–Trinajstić information content (AvgIpc) is 3.43. The van der Waals surface area contributed by atoms with Crippen molar-refractivity contribution in [3.05, 3.63) is 113 Å². The molecule has 1 aromatic heterocycles. The lowest BCUT2D eigenvalue weighted by molar-refractivity contribution is 0.414. The van der Waals surface area contributed by atoms with E-state index in [0.29, 0.717) is 17.4 Å². The summed E-state index contributed by atoms with van der Waals surface area (Å²) < 4.78 is 10.7. The van der Waals surface area contributed by atoms with Gasteiger partial charge in [0.1, 0.15) is 11.5 Å². The summed E-state index contributed by atoms with van der Waals surface area (Å²) in [5, 5.41) is 8.54. The van der Waals surface area contributed by atoms with Crippen LogP contribution >= 0.6 is 11.6 Å². The van der Waals surface area contributed by atoms with E-state index in [4.69, 9.17) is 36.1 Å². The fourth-order valence-electron chi connectivity index (χ4n) is 4.75. The Hall–Kier alpha value is -4.42. The molecule has 0 bridgehead atoms. The maximum Gasteiger partial charge on any atom is 0.247 e. The smallest absolute Gasteiger partial charge is 0.247 e. The van der Waals surface area contributed by atoms with Gasteiger partial charge in [-0.15, -0.1) is 0 Å². The number of anilines is 1. The van der Waals surface area contributed by atoms with Gasteiger partial charge in [-0.1, -0.05) is 54.1 Å². The second-order valence-corrected chi connectivity index (χ2v) is 9.45. The number of aromatic nitrogens is 2. The lowest BCUT2D eigenvalue weighted by Crippen LogP contribution is -2.21. The molecule has 1 atom stereocenters. The zero-order valence-electron chi connectivity index (χ0n) is 21.0. The fraction of sp³-hybridized carbons (Fsp3) is 0.129. The van der Waals surface area contributed by atoms with Crippen LogP contribution in [0.5, 0.6) is 11.5 Å². The fourth-order valence-corrected chi connectivity index (χ4v) is 4.92. The Balaban J connectivity index is 1.51. The topological polar surface area (TPSA) is 59.8 Å². The molecule has 38 heavy (non-hydrogen) atoms. The van der Waals surface area contributed by atoms with Crippen LogP contribution in [0.25, 0.3) is 22.2 Å². The summed E-state index contributed by atoms with van der Waals surface area (Å²) in [5.41, 5.74) is 5.69. The van der Waals surface area contributed by atoms with E-state index in [1.807, 2.05) is 89.9 Å². The van der Waals surface area contributed by atoms with Crippen molar-refractivity contribution < 1.29 is 9.47 Å². The summed E-state index contributed by atoms with van der Waals surface area (Å²) in [4.78, 5) is 10.0. The van der Waals surface area contributed by atoms with Crippen LogP contribution in [0, 0.1) is 0 Å². The van der Waals surface area contributed by atoms with Gasteiger partial charge in [0.2, 0.25) is 5.95 Å². The van der Waals surface area contributed by atoms with Crippen LogP contribution in [-0.2, 0) is 0 Å². The first-order chi connectivity index (χ1) is 18.6. The molecule has 0 saturated heterocycles. The summed E-state index contributed by atoms with van der Waals surface area (Å²) in [7, 11) is 3.33. The lowest BCUT2D eigenvalue weighted by Gasteiger charge is -2.23. The van der Waals surface area contributed by atoms with Gasteiger partial charge in [-0.25, -0.2) is 15.0 Å². The number of hydrazone groups is 1. The van der Waals surface area contributed by atoms with Crippen LogP contribution in [0.1, 0.15) is 23.6 Å². The highest BCUT2D eigenvalue weighted by molar-refractivity contribution is 6.31. The van der Waals surface area contributed by atoms with Gasteiger partial charge in [0.05, 0.1) is 37.2 Å². The summed E-state index contributed by atoms with van der Waals surface area (Å²) in [6.07, 6.45) is 0.696. The quantitative estimate of drug-likeness (QED) is 0.235. The monoisotopic (exact) mass is 520 g/mol. The largest absolute Gasteiger partial charge is 0.497 e. The van der Waals surface area contributed by atoms with Crippen LogP contribution in [0.15, 0.2) is 102 Å². The highest BCUT2D eigenvalue weighted by atomic mass is 35.5. The Morgan fingerprint density at radius 3 is 2.13 bits per heavy atom. The van der Waals surface area contributed by atoms with Gasteiger partial charge in [0.25, 0.3) is 0 Å². The van der Waals surface area contributed by atoms with Crippen LogP contribution in [0.2, 0.25) is 5.02 Å². The maximum absolute atomic E-state index is 6.37. The highest BCUT2D eigenvalue weighted by Crippen LogP contribution is 2.38. The second-order valence-electron chi connectivity index (χ2n) is 9.01. The third kappa shape index (κ3) is 4.55. The molecule has 1 aliphatic rings. The predicted molar refractivity (Wildman–Crippen MR) is 152 cm³/mol. The van der Waals surface area contributed by atoms with E-state index in [0.717, 1.165) is 50.5 Å². The molecule has 1 unspecified atom stereocenters. The van der Waals surface area contributed by atoms with Gasteiger partial charge in [-0.05, 0) is 65.7 Å². The number of halogens is 1. The number of nitrogens with zero attached hydrogens (tertiary/aromatic N) is 4. The van der Waals surface area contributed by atoms with E-state index in [1.54, 1.807) is 14.2 Å². The molecular formula is C31H25ClN4O2. The first kappa shape index (κ1) is 23.9. The highest BCUT2D eigenvalue weighted by Gasteiger charge is 2.32. The van der Waals surface area contributed by atoms with E-state index in [1.165, 1.54) is 0 Å². The molecule has 6 nitrogen and oxygen atoms in total. The molecule has 0 aliphatic carbocycles. The molecule has 0 fully saturated rings. The summed E-state index contributed by atoms with van der Waals surface area (Å²) in [6, 6.07) is 31.8. The molecule has 5 aromatic rings. The molecule has 7 heteroatoms. The predicted octanol–water partition coefficient (Wildman–Crippen LogP) is 7.32. The number of hydrogen-bond donors (Lipinski definition) is 0. The number of benzene rings is 4. The van der Waals surface area contributed by atoms with E-state index in [2.05, 4.69) is 12.1 Å². The molecule has 188 valence electrons. The third-order valence-corrected chi connectivity index (χ3v) is 6.97. The molecule has 6 rings (SSSR count). The molecule has 0 radical (unpaired) electrons. The van der Waals surface area contributed by atoms with E-state index < -0.39 is 0 Å². The minimum atomic E-state index is -0.0913. The zero-order valence-corrected chi connectivity index (χ0v) is 21.8. The van der Waals surface area contributed by atoms with Crippen molar-refractivity contribution in [2.75, 3.05) is 19.2 Å². The molecular weight excluding hydrogens is 496 g/mol. The Labute approximate surface area is 226 Å². The Kier molecular flexibility index (Phi) is 6.40. The summed E-state index contributed by atoms with van der Waals surface area (Å²) in [6.45, 7) is 0. The van der Waals surface area contributed by atoms with Crippen molar-refractivity contribution >= 4 is 34.2 Å². The van der Waals surface area contributed by atoms with Crippen LogP contribution < -0.4 is 14.5 Å². The standard InChI is InChI=1S/C31H25ClN4O2/c1-37-24-13-8-20(9-14-24)28-19-29(21-10-15-25(38-2)16-11-21)36(35-28)31-33-27-17-12-23(32)18-26(27)30(34-31)22-6-4-3-5-7-22/h3-18,29H,19H2,1-2H3. The minimum Gasteiger partial charge on any atom is -0.497 e. The molecule has 0 amide bonds. The van der Waals surface area contributed by atoms with Gasteiger partial charge >= 0.3 is 0 Å². The van der Waals surface area contributed by atoms with E-state index in [9.17, 15) is 0 Å². The van der Waals surface area contributed by atoms with Gasteiger partial charge in [0.15, 0.2) is 0 Å². The molecule has 1 aliphatic heterocycles. The van der Waals surface area contributed by atoms with Crippen LogP contribution in [-0.4, -0.2) is 29.9 Å². The van der Waals surface area contributed by atoms with Crippen molar-refractivity contribution in [1.82, 2.24) is 9.97 Å². The maximum atomic E-state index is 6.37. The van der Waals surface area contributed by atoms with E-state index in [-0.39, 0.29) is 6.04 Å². The first-order valence-electron chi connectivity index (χ1n) is 12.3. The SMILES string of the molecule is COc1ccc(C2=NN(c3nc(-c4ccccc4)c4cc(Cl)ccc4n3)C(c3ccc(OC)cc3)C2)cc1. The molecule has 4 aromatic carbocycles. The average molecular weight is 521 g/mol. The van der Waals surface area contributed by atoms with Crippen molar-refractivity contribution in [1.29, 1.82) is 0 Å². The lowest BCUT2D eigenvalue weighted by atomic mass is 9.98. The number of fused-ring (bicyclic) bond motifs is 1. The zero-order chi connectivity index (χ0) is 26.1. The van der Waals surface area contributed by atoms with Crippen molar-refractivity contribution in [2.45, 2.75) is 12.5 Å².